The molecule has 2 rings (SSSR count). The highest BCUT2D eigenvalue weighted by atomic mass is 16.5. The zero-order valence-corrected chi connectivity index (χ0v) is 10.6. The van der Waals surface area contributed by atoms with Gasteiger partial charge >= 0.3 is 0 Å². The van der Waals surface area contributed by atoms with Crippen molar-refractivity contribution in [1.82, 2.24) is 4.90 Å². The summed E-state index contributed by atoms with van der Waals surface area (Å²) in [5.74, 6) is 1.04. The number of benzene rings is 1. The van der Waals surface area contributed by atoms with Crippen molar-refractivity contribution in [3.63, 3.8) is 0 Å². The fraction of sp³-hybridized carbons (Fsp3) is 0.571. The molecule has 1 aromatic carbocycles. The van der Waals surface area contributed by atoms with Crippen LogP contribution in [0.1, 0.15) is 30.0 Å². The average molecular weight is 235 g/mol. The van der Waals surface area contributed by atoms with Crippen molar-refractivity contribution in [2.75, 3.05) is 27.3 Å². The van der Waals surface area contributed by atoms with E-state index in [1.807, 2.05) is 0 Å². The molecule has 0 bridgehead atoms. The Bertz CT molecular complexity index is 376. The van der Waals surface area contributed by atoms with Crippen LogP contribution in [0.5, 0.6) is 5.75 Å². The van der Waals surface area contributed by atoms with Crippen LogP contribution < -0.4 is 4.74 Å². The maximum absolute atomic E-state index is 8.96. The lowest BCUT2D eigenvalue weighted by molar-refractivity contribution is 0.235. The van der Waals surface area contributed by atoms with Crippen LogP contribution in [0, 0.1) is 0 Å². The Kier molecular flexibility index (Phi) is 4.02. The smallest absolute Gasteiger partial charge is 0.122 e. The van der Waals surface area contributed by atoms with E-state index in [9.17, 15) is 0 Å². The summed E-state index contributed by atoms with van der Waals surface area (Å²) in [7, 11) is 4.18. The lowest BCUT2D eigenvalue weighted by Gasteiger charge is -2.25. The molecule has 17 heavy (non-hydrogen) atoms. The van der Waals surface area contributed by atoms with E-state index in [4.69, 9.17) is 9.84 Å². The molecule has 0 saturated carbocycles. The Morgan fingerprint density at radius 3 is 2.94 bits per heavy atom. The molecule has 0 spiro atoms. The number of rotatable bonds is 5. The number of aliphatic hydroxyl groups is 1. The number of nitrogens with zero attached hydrogens (tertiary/aromatic N) is 1. The van der Waals surface area contributed by atoms with Gasteiger partial charge in [0.25, 0.3) is 0 Å². The summed E-state index contributed by atoms with van der Waals surface area (Å²) in [6.45, 7) is 1.07. The van der Waals surface area contributed by atoms with Gasteiger partial charge in [0.15, 0.2) is 0 Å². The minimum Gasteiger partial charge on any atom is -0.493 e. The Labute approximate surface area is 103 Å². The first kappa shape index (κ1) is 12.4. The summed E-state index contributed by atoms with van der Waals surface area (Å²) < 4.78 is 5.52. The van der Waals surface area contributed by atoms with Crippen molar-refractivity contribution >= 4 is 0 Å². The van der Waals surface area contributed by atoms with Crippen LogP contribution in [-0.2, 0) is 6.42 Å². The molecule has 0 amide bonds. The van der Waals surface area contributed by atoms with Crippen molar-refractivity contribution in [3.05, 3.63) is 29.3 Å². The predicted octanol–water partition coefficient (Wildman–Crippen LogP) is 2.00. The highest BCUT2D eigenvalue weighted by molar-refractivity contribution is 5.40. The van der Waals surface area contributed by atoms with E-state index in [-0.39, 0.29) is 6.61 Å². The van der Waals surface area contributed by atoms with Crippen molar-refractivity contribution < 1.29 is 9.84 Å². The SMILES string of the molecule is CN(C)C(CCCO)c1ccc2c(c1)CCO2. The van der Waals surface area contributed by atoms with Gasteiger partial charge < -0.3 is 14.7 Å². The van der Waals surface area contributed by atoms with Crippen molar-refractivity contribution in [2.24, 2.45) is 0 Å². The van der Waals surface area contributed by atoms with Crippen LogP contribution in [0.25, 0.3) is 0 Å². The molecule has 0 saturated heterocycles. The highest BCUT2D eigenvalue weighted by Crippen LogP contribution is 2.31. The molecular formula is C14H21NO2. The molecule has 0 fully saturated rings. The molecule has 0 aliphatic carbocycles. The van der Waals surface area contributed by atoms with Gasteiger partial charge in [-0.15, -0.1) is 0 Å². The first-order valence-electron chi connectivity index (χ1n) is 6.25. The molecule has 0 radical (unpaired) electrons. The Hall–Kier alpha value is -1.06. The summed E-state index contributed by atoms with van der Waals surface area (Å²) in [5.41, 5.74) is 2.64. The van der Waals surface area contributed by atoms with Crippen molar-refractivity contribution in [1.29, 1.82) is 0 Å². The van der Waals surface area contributed by atoms with E-state index in [0.29, 0.717) is 6.04 Å². The van der Waals surface area contributed by atoms with Crippen LogP contribution in [0.3, 0.4) is 0 Å². The van der Waals surface area contributed by atoms with Gasteiger partial charge in [-0.05, 0) is 44.1 Å². The van der Waals surface area contributed by atoms with Crippen molar-refractivity contribution in [2.45, 2.75) is 25.3 Å². The minimum absolute atomic E-state index is 0.262. The van der Waals surface area contributed by atoms with Gasteiger partial charge in [0.2, 0.25) is 0 Å². The average Bonchev–Trinajstić information content (AvgIpc) is 2.76. The lowest BCUT2D eigenvalue weighted by Crippen LogP contribution is -2.20. The van der Waals surface area contributed by atoms with Crippen LogP contribution in [0.15, 0.2) is 18.2 Å². The third-order valence-corrected chi connectivity index (χ3v) is 3.36. The molecule has 3 heteroatoms. The molecule has 1 aliphatic heterocycles. The Balaban J connectivity index is 2.17. The number of fused-ring (bicyclic) bond motifs is 1. The molecule has 0 aromatic heterocycles. The summed E-state index contributed by atoms with van der Waals surface area (Å²) in [4.78, 5) is 2.22. The number of hydrogen-bond donors (Lipinski definition) is 1. The van der Waals surface area contributed by atoms with E-state index < -0.39 is 0 Å². The molecule has 1 unspecified atom stereocenters. The minimum atomic E-state index is 0.262. The second kappa shape index (κ2) is 5.52. The van der Waals surface area contributed by atoms with Crippen LogP contribution in [-0.4, -0.2) is 37.3 Å². The molecule has 1 aromatic rings. The van der Waals surface area contributed by atoms with Gasteiger partial charge in [-0.25, -0.2) is 0 Å². The monoisotopic (exact) mass is 235 g/mol. The predicted molar refractivity (Wildman–Crippen MR) is 68.4 cm³/mol. The van der Waals surface area contributed by atoms with Crippen LogP contribution in [0.4, 0.5) is 0 Å². The molecule has 94 valence electrons. The van der Waals surface area contributed by atoms with E-state index in [2.05, 4.69) is 37.2 Å². The summed E-state index contributed by atoms with van der Waals surface area (Å²) >= 11 is 0. The maximum Gasteiger partial charge on any atom is 0.122 e. The Morgan fingerprint density at radius 2 is 2.24 bits per heavy atom. The fourth-order valence-electron chi connectivity index (χ4n) is 2.42. The van der Waals surface area contributed by atoms with Gasteiger partial charge in [0.1, 0.15) is 5.75 Å². The van der Waals surface area contributed by atoms with Gasteiger partial charge in [-0.1, -0.05) is 12.1 Å². The van der Waals surface area contributed by atoms with Gasteiger partial charge in [0, 0.05) is 19.1 Å². The summed E-state index contributed by atoms with van der Waals surface area (Å²) in [6.07, 6.45) is 2.85. The molecule has 1 heterocycles. The van der Waals surface area contributed by atoms with Crippen molar-refractivity contribution in [3.8, 4) is 5.75 Å². The van der Waals surface area contributed by atoms with Gasteiger partial charge in [-0.3, -0.25) is 0 Å². The first-order valence-corrected chi connectivity index (χ1v) is 6.25. The van der Waals surface area contributed by atoms with Crippen LogP contribution >= 0.6 is 0 Å². The third kappa shape index (κ3) is 2.79. The van der Waals surface area contributed by atoms with Gasteiger partial charge in [0.05, 0.1) is 6.61 Å². The molecule has 1 aliphatic rings. The standard InChI is InChI=1S/C14H21NO2/c1-15(2)13(4-3-8-16)11-5-6-14-12(10-11)7-9-17-14/h5-6,10,13,16H,3-4,7-9H2,1-2H3. The zero-order valence-electron chi connectivity index (χ0n) is 10.6. The molecular weight excluding hydrogens is 214 g/mol. The van der Waals surface area contributed by atoms with Gasteiger partial charge in [-0.2, -0.15) is 0 Å². The molecule has 1 atom stereocenters. The third-order valence-electron chi connectivity index (χ3n) is 3.36. The van der Waals surface area contributed by atoms with Crippen LogP contribution in [0.2, 0.25) is 0 Å². The number of aliphatic hydroxyl groups excluding tert-OH is 1. The highest BCUT2D eigenvalue weighted by Gasteiger charge is 2.18. The Morgan fingerprint density at radius 1 is 1.41 bits per heavy atom. The van der Waals surface area contributed by atoms with E-state index >= 15 is 0 Å². The topological polar surface area (TPSA) is 32.7 Å². The molecule has 3 nitrogen and oxygen atoms in total. The second-order valence-electron chi connectivity index (χ2n) is 4.81. The zero-order chi connectivity index (χ0) is 12.3. The quantitative estimate of drug-likeness (QED) is 0.847. The maximum atomic E-state index is 8.96. The number of ether oxygens (including phenoxy) is 1. The second-order valence-corrected chi connectivity index (χ2v) is 4.81. The normalized spacial score (nSPS) is 15.8. The van der Waals surface area contributed by atoms with E-state index in [0.717, 1.165) is 31.6 Å². The largest absolute Gasteiger partial charge is 0.493 e. The first-order chi connectivity index (χ1) is 8.22. The number of hydrogen-bond acceptors (Lipinski definition) is 3. The summed E-state index contributed by atoms with van der Waals surface area (Å²) in [6, 6.07) is 6.86. The van der Waals surface area contributed by atoms with E-state index in [1.54, 1.807) is 0 Å². The fourth-order valence-corrected chi connectivity index (χ4v) is 2.42. The lowest BCUT2D eigenvalue weighted by atomic mass is 9.98. The van der Waals surface area contributed by atoms with E-state index in [1.165, 1.54) is 11.1 Å². The summed E-state index contributed by atoms with van der Waals surface area (Å²) in [5, 5.41) is 8.96. The molecule has 1 N–H and O–H groups in total.